The van der Waals surface area contributed by atoms with Crippen LogP contribution in [0.2, 0.25) is 0 Å². The Labute approximate surface area is 244 Å². The minimum atomic E-state index is -0.732. The van der Waals surface area contributed by atoms with E-state index in [0.717, 1.165) is 28.4 Å². The number of fused-ring (bicyclic) bond motifs is 3. The van der Waals surface area contributed by atoms with Crippen LogP contribution in [0.5, 0.6) is 11.5 Å². The van der Waals surface area contributed by atoms with Gasteiger partial charge in [0.1, 0.15) is 24.1 Å². The number of oxime groups is 1. The third kappa shape index (κ3) is 5.31. The van der Waals surface area contributed by atoms with Crippen molar-refractivity contribution in [1.29, 1.82) is 0 Å². The Morgan fingerprint density at radius 2 is 1.57 bits per heavy atom. The zero-order chi connectivity index (χ0) is 29.1. The second-order valence-electron chi connectivity index (χ2n) is 10.2. The van der Waals surface area contributed by atoms with E-state index in [1.54, 1.807) is 29.2 Å². The molecule has 8 nitrogen and oxygen atoms in total. The van der Waals surface area contributed by atoms with Gasteiger partial charge in [-0.3, -0.25) is 9.59 Å². The number of hydrogen-bond acceptors (Lipinski definition) is 5. The fraction of sp³-hybridized carbons (Fsp3) is 0.206. The molecule has 0 aliphatic carbocycles. The standard InChI is InChI=1S/C34H32N4O4/c1-3-37-30-13-9-8-12-28(30)29-20-24(16-19-31(29)37)35-33(39)32-21-25(36-41-4-2)22-38(32)34(40)23-14-17-27(18-15-23)42-26-10-6-5-7-11-26/h5-20,32H,3-4,21-22H2,1-2H3,(H,35,39)/b36-25+/t32-/m0/s1. The first kappa shape index (κ1) is 27.1. The SMILES string of the molecule is CCO/N=C1\C[C@@H](C(=O)Nc2ccc3c(c2)c2ccccc2n3CC)N(C(=O)c2ccc(Oc3ccccc3)cc2)C1. The number of benzene rings is 4. The number of carbonyl (C=O) groups excluding carboxylic acids is 2. The Balaban J connectivity index is 1.24. The molecule has 2 amide bonds. The second kappa shape index (κ2) is 11.8. The Morgan fingerprint density at radius 3 is 2.33 bits per heavy atom. The number of likely N-dealkylation sites (tertiary alicyclic amines) is 1. The molecule has 1 aliphatic heterocycles. The lowest BCUT2D eigenvalue weighted by atomic mass is 10.1. The van der Waals surface area contributed by atoms with Crippen molar-refractivity contribution in [3.63, 3.8) is 0 Å². The van der Waals surface area contributed by atoms with Crippen LogP contribution >= 0.6 is 0 Å². The van der Waals surface area contributed by atoms with Crippen LogP contribution in [0.15, 0.2) is 102 Å². The van der Waals surface area contributed by atoms with Crippen molar-refractivity contribution >= 4 is 45.0 Å². The molecule has 0 spiro atoms. The summed E-state index contributed by atoms with van der Waals surface area (Å²) in [6, 6.07) is 29.9. The summed E-state index contributed by atoms with van der Waals surface area (Å²) in [5, 5.41) is 9.44. The number of amides is 2. The summed E-state index contributed by atoms with van der Waals surface area (Å²) < 4.78 is 8.13. The molecule has 1 N–H and O–H groups in total. The highest BCUT2D eigenvalue weighted by atomic mass is 16.6. The van der Waals surface area contributed by atoms with Gasteiger partial charge >= 0.3 is 0 Å². The molecule has 1 aromatic heterocycles. The summed E-state index contributed by atoms with van der Waals surface area (Å²) in [6.45, 7) is 5.43. The van der Waals surface area contributed by atoms with Crippen molar-refractivity contribution in [2.24, 2.45) is 5.16 Å². The van der Waals surface area contributed by atoms with Crippen molar-refractivity contribution < 1.29 is 19.2 Å². The summed E-state index contributed by atoms with van der Waals surface area (Å²) in [6.07, 6.45) is 0.296. The van der Waals surface area contributed by atoms with E-state index in [0.29, 0.717) is 41.5 Å². The van der Waals surface area contributed by atoms with E-state index < -0.39 is 6.04 Å². The normalized spacial score (nSPS) is 15.8. The smallest absolute Gasteiger partial charge is 0.254 e. The Kier molecular flexibility index (Phi) is 7.60. The predicted molar refractivity (Wildman–Crippen MR) is 165 cm³/mol. The highest BCUT2D eigenvalue weighted by Crippen LogP contribution is 2.31. The van der Waals surface area contributed by atoms with E-state index in [2.05, 4.69) is 34.1 Å². The number of para-hydroxylation sites is 2. The number of carbonyl (C=O) groups is 2. The van der Waals surface area contributed by atoms with Crippen LogP contribution in [0.3, 0.4) is 0 Å². The minimum Gasteiger partial charge on any atom is -0.457 e. The van der Waals surface area contributed by atoms with Gasteiger partial charge in [0.15, 0.2) is 0 Å². The maximum atomic E-state index is 13.7. The average Bonchev–Trinajstić information content (AvgIpc) is 3.60. The number of aromatic nitrogens is 1. The second-order valence-corrected chi connectivity index (χ2v) is 10.2. The first-order valence-electron chi connectivity index (χ1n) is 14.2. The van der Waals surface area contributed by atoms with E-state index in [1.807, 2.05) is 67.6 Å². The Bertz CT molecular complexity index is 1780. The third-order valence-corrected chi connectivity index (χ3v) is 7.48. The van der Waals surface area contributed by atoms with Crippen LogP contribution in [0.4, 0.5) is 5.69 Å². The van der Waals surface area contributed by atoms with Crippen molar-refractivity contribution in [2.75, 3.05) is 18.5 Å². The first-order chi connectivity index (χ1) is 20.6. The molecule has 2 heterocycles. The maximum Gasteiger partial charge on any atom is 0.254 e. The molecule has 8 heteroatoms. The Hall–Kier alpha value is -5.11. The molecule has 0 radical (unpaired) electrons. The molecule has 0 unspecified atom stereocenters. The molecule has 5 aromatic rings. The van der Waals surface area contributed by atoms with Crippen LogP contribution in [0.25, 0.3) is 21.8 Å². The maximum absolute atomic E-state index is 13.7. The number of hydrogen-bond donors (Lipinski definition) is 1. The van der Waals surface area contributed by atoms with Crippen molar-refractivity contribution in [3.05, 3.63) is 103 Å². The number of aryl methyl sites for hydroxylation is 1. The topological polar surface area (TPSA) is 85.2 Å². The number of nitrogens with one attached hydrogen (secondary N) is 1. The number of rotatable bonds is 8. The lowest BCUT2D eigenvalue weighted by Crippen LogP contribution is -2.43. The molecule has 42 heavy (non-hydrogen) atoms. The summed E-state index contributed by atoms with van der Waals surface area (Å²) in [5.74, 6) is 0.797. The van der Waals surface area contributed by atoms with Gasteiger partial charge in [-0.2, -0.15) is 0 Å². The van der Waals surface area contributed by atoms with Gasteiger partial charge in [-0.15, -0.1) is 0 Å². The monoisotopic (exact) mass is 560 g/mol. The van der Waals surface area contributed by atoms with Gasteiger partial charge in [-0.25, -0.2) is 0 Å². The van der Waals surface area contributed by atoms with Crippen LogP contribution in [-0.2, 0) is 16.2 Å². The quantitative estimate of drug-likeness (QED) is 0.210. The molecular formula is C34H32N4O4. The Morgan fingerprint density at radius 1 is 0.857 bits per heavy atom. The zero-order valence-electron chi connectivity index (χ0n) is 23.6. The average molecular weight is 561 g/mol. The van der Waals surface area contributed by atoms with Gasteiger partial charge < -0.3 is 24.4 Å². The summed E-state index contributed by atoms with van der Waals surface area (Å²) >= 11 is 0. The summed E-state index contributed by atoms with van der Waals surface area (Å²) in [5.41, 5.74) is 4.05. The molecule has 1 aliphatic rings. The largest absolute Gasteiger partial charge is 0.457 e. The van der Waals surface area contributed by atoms with Gasteiger partial charge in [-0.05, 0) is 74.5 Å². The minimum absolute atomic E-state index is 0.211. The van der Waals surface area contributed by atoms with Crippen LogP contribution in [0.1, 0.15) is 30.6 Å². The molecule has 1 fully saturated rings. The lowest BCUT2D eigenvalue weighted by molar-refractivity contribution is -0.119. The molecule has 0 bridgehead atoms. The van der Waals surface area contributed by atoms with E-state index in [-0.39, 0.29) is 18.4 Å². The van der Waals surface area contributed by atoms with Gasteiger partial charge in [0.05, 0.1) is 12.3 Å². The van der Waals surface area contributed by atoms with Gasteiger partial charge in [0, 0.05) is 46.0 Å². The van der Waals surface area contributed by atoms with Gasteiger partial charge in [0.2, 0.25) is 5.91 Å². The highest BCUT2D eigenvalue weighted by molar-refractivity contribution is 6.11. The number of ether oxygens (including phenoxy) is 1. The molecule has 212 valence electrons. The molecular weight excluding hydrogens is 528 g/mol. The van der Waals surface area contributed by atoms with Crippen molar-refractivity contribution in [3.8, 4) is 11.5 Å². The lowest BCUT2D eigenvalue weighted by Gasteiger charge is -2.23. The van der Waals surface area contributed by atoms with Crippen molar-refractivity contribution in [2.45, 2.75) is 32.9 Å². The molecule has 1 saturated heterocycles. The van der Waals surface area contributed by atoms with E-state index in [1.165, 1.54) is 0 Å². The van der Waals surface area contributed by atoms with E-state index >= 15 is 0 Å². The summed E-state index contributed by atoms with van der Waals surface area (Å²) in [7, 11) is 0. The first-order valence-corrected chi connectivity index (χ1v) is 14.2. The molecule has 1 atom stereocenters. The zero-order valence-corrected chi connectivity index (χ0v) is 23.6. The molecule has 0 saturated carbocycles. The summed E-state index contributed by atoms with van der Waals surface area (Å²) in [4.78, 5) is 34.2. The number of anilines is 1. The van der Waals surface area contributed by atoms with Gasteiger partial charge in [-0.1, -0.05) is 41.6 Å². The molecule has 6 rings (SSSR count). The van der Waals surface area contributed by atoms with Crippen LogP contribution < -0.4 is 10.1 Å². The number of nitrogens with zero attached hydrogens (tertiary/aromatic N) is 3. The highest BCUT2D eigenvalue weighted by Gasteiger charge is 2.38. The van der Waals surface area contributed by atoms with Crippen LogP contribution in [-0.4, -0.2) is 46.2 Å². The van der Waals surface area contributed by atoms with E-state index in [4.69, 9.17) is 9.57 Å². The third-order valence-electron chi connectivity index (χ3n) is 7.48. The van der Waals surface area contributed by atoms with Crippen molar-refractivity contribution in [1.82, 2.24) is 9.47 Å². The predicted octanol–water partition coefficient (Wildman–Crippen LogP) is 6.85. The molecule has 4 aromatic carbocycles. The fourth-order valence-electron chi connectivity index (χ4n) is 5.53. The van der Waals surface area contributed by atoms with Gasteiger partial charge in [0.25, 0.3) is 5.91 Å². The fourth-order valence-corrected chi connectivity index (χ4v) is 5.53. The van der Waals surface area contributed by atoms with Crippen LogP contribution in [0, 0.1) is 0 Å². The van der Waals surface area contributed by atoms with E-state index in [9.17, 15) is 9.59 Å².